The summed E-state index contributed by atoms with van der Waals surface area (Å²) in [4.78, 5) is 4.16. The standard InChI is InChI=1S/C15H16BrFN2O/c1-10(2)19-9-11-5-6-18-15(7-11)20-14-4-3-12(17)8-13(14)16/h3-8,10,19H,9H2,1-2H3. The number of nitrogens with zero attached hydrogens (tertiary/aromatic N) is 1. The summed E-state index contributed by atoms with van der Waals surface area (Å²) < 4.78 is 19.2. The van der Waals surface area contributed by atoms with E-state index in [4.69, 9.17) is 4.74 Å². The molecule has 0 unspecified atom stereocenters. The first-order valence-electron chi connectivity index (χ1n) is 6.36. The van der Waals surface area contributed by atoms with Gasteiger partial charge in [-0.3, -0.25) is 0 Å². The Labute approximate surface area is 126 Å². The SMILES string of the molecule is CC(C)NCc1ccnc(Oc2ccc(F)cc2Br)c1. The van der Waals surface area contributed by atoms with Crippen LogP contribution in [0.2, 0.25) is 0 Å². The van der Waals surface area contributed by atoms with E-state index in [9.17, 15) is 4.39 Å². The molecule has 0 aliphatic heterocycles. The van der Waals surface area contributed by atoms with Crippen LogP contribution in [0, 0.1) is 5.82 Å². The summed E-state index contributed by atoms with van der Waals surface area (Å²) in [5.74, 6) is 0.709. The van der Waals surface area contributed by atoms with Gasteiger partial charge in [0.25, 0.3) is 0 Å². The molecule has 0 saturated heterocycles. The molecule has 0 bridgehead atoms. The molecule has 1 N–H and O–H groups in total. The Kier molecular flexibility index (Phi) is 5.09. The van der Waals surface area contributed by atoms with Crippen molar-refractivity contribution in [1.82, 2.24) is 10.3 Å². The molecular weight excluding hydrogens is 323 g/mol. The van der Waals surface area contributed by atoms with Crippen molar-refractivity contribution < 1.29 is 9.13 Å². The second-order valence-electron chi connectivity index (χ2n) is 4.71. The highest BCUT2D eigenvalue weighted by molar-refractivity contribution is 9.10. The third kappa shape index (κ3) is 4.28. The molecule has 1 aromatic heterocycles. The van der Waals surface area contributed by atoms with Gasteiger partial charge in [0.2, 0.25) is 5.88 Å². The van der Waals surface area contributed by atoms with Crippen molar-refractivity contribution in [2.24, 2.45) is 0 Å². The molecule has 20 heavy (non-hydrogen) atoms. The maximum absolute atomic E-state index is 13.0. The molecule has 0 aliphatic carbocycles. The van der Waals surface area contributed by atoms with Gasteiger partial charge in [-0.15, -0.1) is 0 Å². The average molecular weight is 339 g/mol. The van der Waals surface area contributed by atoms with Crippen LogP contribution < -0.4 is 10.1 Å². The molecule has 1 aromatic carbocycles. The van der Waals surface area contributed by atoms with Crippen LogP contribution in [-0.2, 0) is 6.54 Å². The second kappa shape index (κ2) is 6.81. The molecule has 0 radical (unpaired) electrons. The van der Waals surface area contributed by atoms with Crippen LogP contribution in [0.1, 0.15) is 19.4 Å². The summed E-state index contributed by atoms with van der Waals surface area (Å²) in [6.45, 7) is 4.93. The summed E-state index contributed by atoms with van der Waals surface area (Å²) in [5.41, 5.74) is 1.09. The van der Waals surface area contributed by atoms with Crippen molar-refractivity contribution >= 4 is 15.9 Å². The summed E-state index contributed by atoms with van der Waals surface area (Å²) in [6, 6.07) is 8.50. The molecule has 5 heteroatoms. The summed E-state index contributed by atoms with van der Waals surface area (Å²) in [6.07, 6.45) is 1.70. The van der Waals surface area contributed by atoms with Gasteiger partial charge in [0, 0.05) is 24.8 Å². The number of aromatic nitrogens is 1. The Morgan fingerprint density at radius 1 is 1.30 bits per heavy atom. The smallest absolute Gasteiger partial charge is 0.219 e. The molecule has 0 spiro atoms. The van der Waals surface area contributed by atoms with Gasteiger partial charge >= 0.3 is 0 Å². The van der Waals surface area contributed by atoms with Gasteiger partial charge in [0.15, 0.2) is 0 Å². The highest BCUT2D eigenvalue weighted by atomic mass is 79.9. The predicted octanol–water partition coefficient (Wildman–Crippen LogP) is 4.27. The largest absolute Gasteiger partial charge is 0.438 e. The number of ether oxygens (including phenoxy) is 1. The van der Waals surface area contributed by atoms with Crippen LogP contribution in [0.3, 0.4) is 0 Å². The van der Waals surface area contributed by atoms with Crippen molar-refractivity contribution in [2.75, 3.05) is 0 Å². The first-order chi connectivity index (χ1) is 9.54. The van der Waals surface area contributed by atoms with E-state index < -0.39 is 0 Å². The monoisotopic (exact) mass is 338 g/mol. The van der Waals surface area contributed by atoms with Gasteiger partial charge in [0.05, 0.1) is 4.47 Å². The summed E-state index contributed by atoms with van der Waals surface area (Å²) in [7, 11) is 0. The third-order valence-corrected chi connectivity index (χ3v) is 3.24. The molecule has 0 atom stereocenters. The van der Waals surface area contributed by atoms with Crippen molar-refractivity contribution in [3.8, 4) is 11.6 Å². The van der Waals surface area contributed by atoms with E-state index in [1.165, 1.54) is 12.1 Å². The number of benzene rings is 1. The van der Waals surface area contributed by atoms with Crippen LogP contribution in [0.25, 0.3) is 0 Å². The highest BCUT2D eigenvalue weighted by Gasteiger charge is 2.06. The van der Waals surface area contributed by atoms with E-state index in [1.807, 2.05) is 12.1 Å². The lowest BCUT2D eigenvalue weighted by atomic mass is 10.2. The van der Waals surface area contributed by atoms with E-state index in [2.05, 4.69) is 40.1 Å². The first kappa shape index (κ1) is 14.9. The second-order valence-corrected chi connectivity index (χ2v) is 5.57. The quantitative estimate of drug-likeness (QED) is 0.883. The number of hydrogen-bond donors (Lipinski definition) is 1. The maximum Gasteiger partial charge on any atom is 0.219 e. The average Bonchev–Trinajstić information content (AvgIpc) is 2.40. The zero-order valence-electron chi connectivity index (χ0n) is 11.4. The van der Waals surface area contributed by atoms with Crippen molar-refractivity contribution in [1.29, 1.82) is 0 Å². The zero-order valence-corrected chi connectivity index (χ0v) is 12.9. The Morgan fingerprint density at radius 3 is 2.80 bits per heavy atom. The van der Waals surface area contributed by atoms with E-state index in [1.54, 1.807) is 12.3 Å². The molecular formula is C15H16BrFN2O. The predicted molar refractivity (Wildman–Crippen MR) is 80.4 cm³/mol. The number of halogens is 2. The van der Waals surface area contributed by atoms with Gasteiger partial charge < -0.3 is 10.1 Å². The van der Waals surface area contributed by atoms with Crippen molar-refractivity contribution in [3.05, 3.63) is 52.4 Å². The van der Waals surface area contributed by atoms with E-state index >= 15 is 0 Å². The lowest BCUT2D eigenvalue weighted by molar-refractivity contribution is 0.456. The fourth-order valence-corrected chi connectivity index (χ4v) is 2.04. The zero-order chi connectivity index (χ0) is 14.5. The van der Waals surface area contributed by atoms with Crippen LogP contribution in [0.15, 0.2) is 41.0 Å². The Balaban J connectivity index is 2.11. The van der Waals surface area contributed by atoms with Crippen LogP contribution >= 0.6 is 15.9 Å². The van der Waals surface area contributed by atoms with Crippen LogP contribution in [0.4, 0.5) is 4.39 Å². The molecule has 1 heterocycles. The number of pyridine rings is 1. The summed E-state index contributed by atoms with van der Waals surface area (Å²) >= 11 is 3.27. The van der Waals surface area contributed by atoms with Gasteiger partial charge in [-0.1, -0.05) is 13.8 Å². The Hall–Kier alpha value is -1.46. The van der Waals surface area contributed by atoms with Gasteiger partial charge in [-0.05, 0) is 45.8 Å². The molecule has 106 valence electrons. The fraction of sp³-hybridized carbons (Fsp3) is 0.267. The number of rotatable bonds is 5. The lowest BCUT2D eigenvalue weighted by Crippen LogP contribution is -2.21. The molecule has 3 nitrogen and oxygen atoms in total. The minimum Gasteiger partial charge on any atom is -0.438 e. The molecule has 0 fully saturated rings. The van der Waals surface area contributed by atoms with Crippen molar-refractivity contribution in [2.45, 2.75) is 26.4 Å². The molecule has 2 rings (SSSR count). The maximum atomic E-state index is 13.0. The van der Waals surface area contributed by atoms with Crippen LogP contribution in [0.5, 0.6) is 11.6 Å². The van der Waals surface area contributed by atoms with Gasteiger partial charge in [-0.25, -0.2) is 9.37 Å². The topological polar surface area (TPSA) is 34.2 Å². The first-order valence-corrected chi connectivity index (χ1v) is 7.15. The number of nitrogens with one attached hydrogen (secondary N) is 1. The van der Waals surface area contributed by atoms with Crippen LogP contribution in [-0.4, -0.2) is 11.0 Å². The fourth-order valence-electron chi connectivity index (χ4n) is 1.61. The molecule has 0 saturated carbocycles. The summed E-state index contributed by atoms with van der Waals surface area (Å²) in [5, 5.41) is 3.33. The normalized spacial score (nSPS) is 10.8. The van der Waals surface area contributed by atoms with E-state index in [0.29, 0.717) is 22.1 Å². The highest BCUT2D eigenvalue weighted by Crippen LogP contribution is 2.29. The minimum absolute atomic E-state index is 0.313. The van der Waals surface area contributed by atoms with Gasteiger partial charge in [0.1, 0.15) is 11.6 Å². The minimum atomic E-state index is -0.313. The van der Waals surface area contributed by atoms with Crippen molar-refractivity contribution in [3.63, 3.8) is 0 Å². The molecule has 0 aliphatic rings. The van der Waals surface area contributed by atoms with E-state index in [-0.39, 0.29) is 5.82 Å². The number of hydrogen-bond acceptors (Lipinski definition) is 3. The molecule has 2 aromatic rings. The Bertz CT molecular complexity index is 590. The Morgan fingerprint density at radius 2 is 2.10 bits per heavy atom. The molecule has 0 amide bonds. The van der Waals surface area contributed by atoms with E-state index in [0.717, 1.165) is 12.1 Å². The lowest BCUT2D eigenvalue weighted by Gasteiger charge is -2.10. The van der Waals surface area contributed by atoms with Gasteiger partial charge in [-0.2, -0.15) is 0 Å². The third-order valence-electron chi connectivity index (χ3n) is 2.62.